The Hall–Kier alpha value is -2.20. The Bertz CT molecular complexity index is 838. The minimum absolute atomic E-state index is 0.100. The molecule has 0 saturated carbocycles. The molecule has 102 valence electrons. The molecule has 1 aliphatic heterocycles. The van der Waals surface area contributed by atoms with E-state index in [-0.39, 0.29) is 17.8 Å². The second kappa shape index (κ2) is 4.72. The van der Waals surface area contributed by atoms with Gasteiger partial charge in [0.1, 0.15) is 11.6 Å². The lowest BCUT2D eigenvalue weighted by Crippen LogP contribution is -2.41. The maximum Gasteiger partial charge on any atom is 0.331 e. The smallest absolute Gasteiger partial charge is 0.296 e. The van der Waals surface area contributed by atoms with E-state index < -0.39 is 5.56 Å². The van der Waals surface area contributed by atoms with Crippen LogP contribution in [0, 0.1) is 18.3 Å². The molecule has 0 radical (unpaired) electrons. The van der Waals surface area contributed by atoms with Crippen LogP contribution in [0.4, 0.5) is 0 Å². The molecule has 0 aromatic carbocycles. The minimum Gasteiger partial charge on any atom is -0.296 e. The van der Waals surface area contributed by atoms with E-state index in [0.717, 1.165) is 20.9 Å². The van der Waals surface area contributed by atoms with Gasteiger partial charge in [-0.2, -0.15) is 5.26 Å². The number of hydrogen-bond acceptors (Lipinski definition) is 5. The van der Waals surface area contributed by atoms with Crippen molar-refractivity contribution in [2.24, 2.45) is 0 Å². The molecular formula is C13H12N4O2S. The Morgan fingerprint density at radius 3 is 2.95 bits per heavy atom. The van der Waals surface area contributed by atoms with Crippen LogP contribution in [-0.4, -0.2) is 14.1 Å². The molecule has 0 aliphatic carbocycles. The highest BCUT2D eigenvalue weighted by atomic mass is 32.1. The van der Waals surface area contributed by atoms with Gasteiger partial charge in [0.25, 0.3) is 5.56 Å². The molecule has 0 N–H and O–H groups in total. The monoisotopic (exact) mass is 288 g/mol. The van der Waals surface area contributed by atoms with Crippen LogP contribution in [0.15, 0.2) is 15.8 Å². The van der Waals surface area contributed by atoms with Crippen molar-refractivity contribution in [3.05, 3.63) is 48.2 Å². The van der Waals surface area contributed by atoms with Gasteiger partial charge >= 0.3 is 5.69 Å². The van der Waals surface area contributed by atoms with Crippen LogP contribution in [0.2, 0.25) is 0 Å². The molecule has 6 nitrogen and oxygen atoms in total. The van der Waals surface area contributed by atoms with Gasteiger partial charge in [0, 0.05) is 23.3 Å². The SMILES string of the molecule is Cc1ncc(Cn2c(=O)c(C#N)c3n(c2=O)CCC3)s1. The highest BCUT2D eigenvalue weighted by molar-refractivity contribution is 7.11. The van der Waals surface area contributed by atoms with Crippen molar-refractivity contribution in [2.75, 3.05) is 0 Å². The largest absolute Gasteiger partial charge is 0.331 e. The number of thiazole rings is 1. The number of aryl methyl sites for hydroxylation is 1. The van der Waals surface area contributed by atoms with Gasteiger partial charge in [-0.25, -0.2) is 9.78 Å². The molecule has 3 rings (SSSR count). The fourth-order valence-electron chi connectivity index (χ4n) is 2.52. The highest BCUT2D eigenvalue weighted by Gasteiger charge is 2.22. The summed E-state index contributed by atoms with van der Waals surface area (Å²) in [6.07, 6.45) is 3.08. The maximum absolute atomic E-state index is 12.4. The number of hydrogen-bond donors (Lipinski definition) is 0. The molecule has 0 atom stereocenters. The average Bonchev–Trinajstić information content (AvgIpc) is 3.04. The first-order valence-electron chi connectivity index (χ1n) is 6.29. The van der Waals surface area contributed by atoms with Gasteiger partial charge in [-0.05, 0) is 19.8 Å². The second-order valence-electron chi connectivity index (χ2n) is 4.71. The lowest BCUT2D eigenvalue weighted by atomic mass is 10.2. The molecule has 2 aromatic rings. The molecule has 7 heteroatoms. The first-order valence-corrected chi connectivity index (χ1v) is 7.11. The van der Waals surface area contributed by atoms with E-state index in [4.69, 9.17) is 0 Å². The van der Waals surface area contributed by atoms with Crippen molar-refractivity contribution in [2.45, 2.75) is 32.9 Å². The fourth-order valence-corrected chi connectivity index (χ4v) is 3.31. The summed E-state index contributed by atoms with van der Waals surface area (Å²) >= 11 is 1.44. The first kappa shape index (κ1) is 12.8. The first-order chi connectivity index (χ1) is 9.61. The average molecular weight is 288 g/mol. The number of nitriles is 1. The quantitative estimate of drug-likeness (QED) is 0.812. The summed E-state index contributed by atoms with van der Waals surface area (Å²) < 4.78 is 2.69. The zero-order valence-corrected chi connectivity index (χ0v) is 11.7. The van der Waals surface area contributed by atoms with Gasteiger partial charge in [0.2, 0.25) is 0 Å². The van der Waals surface area contributed by atoms with E-state index in [0.29, 0.717) is 18.7 Å². The number of fused-ring (bicyclic) bond motifs is 1. The molecule has 0 fully saturated rings. The van der Waals surface area contributed by atoms with E-state index in [1.54, 1.807) is 10.8 Å². The van der Waals surface area contributed by atoms with Gasteiger partial charge < -0.3 is 0 Å². The van der Waals surface area contributed by atoms with Crippen molar-refractivity contribution in [1.82, 2.24) is 14.1 Å². The van der Waals surface area contributed by atoms with E-state index in [2.05, 4.69) is 4.98 Å². The molecule has 1 aliphatic rings. The van der Waals surface area contributed by atoms with Crippen molar-refractivity contribution in [3.8, 4) is 6.07 Å². The summed E-state index contributed by atoms with van der Waals surface area (Å²) in [6, 6.07) is 1.95. The fraction of sp³-hybridized carbons (Fsp3) is 0.385. The second-order valence-corrected chi connectivity index (χ2v) is 6.03. The van der Waals surface area contributed by atoms with E-state index in [1.807, 2.05) is 13.0 Å². The van der Waals surface area contributed by atoms with Crippen LogP contribution >= 0.6 is 11.3 Å². The van der Waals surface area contributed by atoms with Crippen LogP contribution in [0.1, 0.15) is 27.6 Å². The molecule has 0 spiro atoms. The zero-order chi connectivity index (χ0) is 14.3. The Balaban J connectivity index is 2.19. The Kier molecular flexibility index (Phi) is 3.03. The molecule has 3 heterocycles. The molecule has 0 bridgehead atoms. The predicted molar refractivity (Wildman–Crippen MR) is 74.0 cm³/mol. The van der Waals surface area contributed by atoms with Gasteiger partial charge in [-0.3, -0.25) is 13.9 Å². The normalized spacial score (nSPS) is 13.2. The third kappa shape index (κ3) is 1.89. The van der Waals surface area contributed by atoms with Crippen LogP contribution < -0.4 is 11.2 Å². The zero-order valence-electron chi connectivity index (χ0n) is 10.9. The van der Waals surface area contributed by atoms with Crippen LogP contribution in [0.5, 0.6) is 0 Å². The molecule has 0 saturated heterocycles. The molecule has 2 aromatic heterocycles. The molecular weight excluding hydrogens is 276 g/mol. The minimum atomic E-state index is -0.489. The summed E-state index contributed by atoms with van der Waals surface area (Å²) in [6.45, 7) is 2.62. The van der Waals surface area contributed by atoms with Crippen molar-refractivity contribution in [3.63, 3.8) is 0 Å². The van der Waals surface area contributed by atoms with E-state index in [1.165, 1.54) is 11.3 Å². The third-order valence-corrected chi connectivity index (χ3v) is 4.32. The standard InChI is InChI=1S/C13H12N4O2S/c1-8-15-6-9(20-8)7-17-12(18)10(5-14)11-3-2-4-16(11)13(17)19/h6H,2-4,7H2,1H3. The Morgan fingerprint density at radius 2 is 2.30 bits per heavy atom. The third-order valence-electron chi connectivity index (χ3n) is 3.43. The van der Waals surface area contributed by atoms with Crippen molar-refractivity contribution < 1.29 is 0 Å². The van der Waals surface area contributed by atoms with Crippen molar-refractivity contribution >= 4 is 11.3 Å². The topological polar surface area (TPSA) is 80.7 Å². The Labute approximate surface area is 118 Å². The summed E-state index contributed by atoms with van der Waals surface area (Å²) in [5.41, 5.74) is -0.133. The number of rotatable bonds is 2. The molecule has 0 amide bonds. The lowest BCUT2D eigenvalue weighted by Gasteiger charge is -2.09. The van der Waals surface area contributed by atoms with Crippen molar-refractivity contribution in [1.29, 1.82) is 5.26 Å². The highest BCUT2D eigenvalue weighted by Crippen LogP contribution is 2.15. The predicted octanol–water partition coefficient (Wildman–Crippen LogP) is 0.641. The van der Waals surface area contributed by atoms with Gasteiger partial charge in [0.15, 0.2) is 0 Å². The van der Waals surface area contributed by atoms with Crippen LogP contribution in [0.25, 0.3) is 0 Å². The Morgan fingerprint density at radius 1 is 1.50 bits per heavy atom. The van der Waals surface area contributed by atoms with Crippen LogP contribution in [0.3, 0.4) is 0 Å². The van der Waals surface area contributed by atoms with E-state index in [9.17, 15) is 14.9 Å². The molecule has 20 heavy (non-hydrogen) atoms. The number of nitrogens with zero attached hydrogens (tertiary/aromatic N) is 4. The van der Waals surface area contributed by atoms with Gasteiger partial charge in [-0.1, -0.05) is 0 Å². The summed E-state index contributed by atoms with van der Waals surface area (Å²) in [7, 11) is 0. The van der Waals surface area contributed by atoms with Gasteiger partial charge in [-0.15, -0.1) is 11.3 Å². The van der Waals surface area contributed by atoms with E-state index >= 15 is 0 Å². The molecule has 0 unspecified atom stereocenters. The lowest BCUT2D eigenvalue weighted by molar-refractivity contribution is 0.605. The van der Waals surface area contributed by atoms with Crippen LogP contribution in [-0.2, 0) is 19.5 Å². The maximum atomic E-state index is 12.4. The summed E-state index contributed by atoms with van der Waals surface area (Å²) in [5.74, 6) is 0. The van der Waals surface area contributed by atoms with Gasteiger partial charge in [0.05, 0.1) is 11.6 Å². The summed E-state index contributed by atoms with van der Waals surface area (Å²) in [4.78, 5) is 29.6. The summed E-state index contributed by atoms with van der Waals surface area (Å²) in [5, 5.41) is 10.1. The number of aromatic nitrogens is 3.